The molecule has 1 saturated heterocycles. The van der Waals surface area contributed by atoms with E-state index in [2.05, 4.69) is 48.2 Å². The highest BCUT2D eigenvalue weighted by atomic mass is 16.3. The molecule has 1 fully saturated rings. The van der Waals surface area contributed by atoms with Gasteiger partial charge < -0.3 is 10.0 Å². The number of nitrogens with zero attached hydrogens (tertiary/aromatic N) is 2. The number of hydrogen-bond donors (Lipinski definition) is 1. The summed E-state index contributed by atoms with van der Waals surface area (Å²) in [6, 6.07) is 8.48. The van der Waals surface area contributed by atoms with Crippen LogP contribution in [0.4, 0.5) is 5.69 Å². The number of rotatable bonds is 3. The minimum absolute atomic E-state index is 0.143. The summed E-state index contributed by atoms with van der Waals surface area (Å²) in [7, 11) is 4.15. The van der Waals surface area contributed by atoms with Gasteiger partial charge in [0, 0.05) is 32.9 Å². The van der Waals surface area contributed by atoms with E-state index < -0.39 is 0 Å². The lowest BCUT2D eigenvalue weighted by Gasteiger charge is -2.31. The SMILES string of the molecule is CN(C)c1ccccc1CN1CCCC(O)C1. The van der Waals surface area contributed by atoms with Crippen molar-refractivity contribution in [2.24, 2.45) is 0 Å². The minimum atomic E-state index is -0.143. The topological polar surface area (TPSA) is 26.7 Å². The Morgan fingerprint density at radius 1 is 1.35 bits per heavy atom. The zero-order valence-corrected chi connectivity index (χ0v) is 10.8. The normalized spacial score (nSPS) is 21.5. The average molecular weight is 234 g/mol. The number of aliphatic hydroxyl groups excluding tert-OH is 1. The molecule has 1 N–H and O–H groups in total. The van der Waals surface area contributed by atoms with Crippen LogP contribution in [0.3, 0.4) is 0 Å². The quantitative estimate of drug-likeness (QED) is 0.862. The lowest BCUT2D eigenvalue weighted by atomic mass is 10.1. The van der Waals surface area contributed by atoms with Gasteiger partial charge in [0.15, 0.2) is 0 Å². The first kappa shape index (κ1) is 12.4. The molecule has 17 heavy (non-hydrogen) atoms. The van der Waals surface area contributed by atoms with Crippen LogP contribution in [0.15, 0.2) is 24.3 Å². The minimum Gasteiger partial charge on any atom is -0.392 e. The molecule has 0 saturated carbocycles. The van der Waals surface area contributed by atoms with E-state index in [1.54, 1.807) is 0 Å². The van der Waals surface area contributed by atoms with Crippen LogP contribution >= 0.6 is 0 Å². The molecule has 3 heteroatoms. The number of aliphatic hydroxyl groups is 1. The maximum atomic E-state index is 9.68. The number of piperidine rings is 1. The van der Waals surface area contributed by atoms with Gasteiger partial charge in [0.2, 0.25) is 0 Å². The monoisotopic (exact) mass is 234 g/mol. The molecule has 0 bridgehead atoms. The molecule has 0 radical (unpaired) electrons. The number of anilines is 1. The van der Waals surface area contributed by atoms with Crippen LogP contribution in [-0.2, 0) is 6.54 Å². The third-order valence-electron chi connectivity index (χ3n) is 3.35. The maximum absolute atomic E-state index is 9.68. The third-order valence-corrected chi connectivity index (χ3v) is 3.35. The van der Waals surface area contributed by atoms with Crippen molar-refractivity contribution in [2.45, 2.75) is 25.5 Å². The highest BCUT2D eigenvalue weighted by Crippen LogP contribution is 2.21. The van der Waals surface area contributed by atoms with Crippen molar-refractivity contribution in [3.8, 4) is 0 Å². The van der Waals surface area contributed by atoms with Gasteiger partial charge in [-0.2, -0.15) is 0 Å². The van der Waals surface area contributed by atoms with Crippen LogP contribution in [0.2, 0.25) is 0 Å². The van der Waals surface area contributed by atoms with Crippen molar-refractivity contribution in [1.82, 2.24) is 4.90 Å². The summed E-state index contributed by atoms with van der Waals surface area (Å²) in [5.41, 5.74) is 2.61. The summed E-state index contributed by atoms with van der Waals surface area (Å²) in [6.45, 7) is 2.84. The molecule has 0 spiro atoms. The summed E-state index contributed by atoms with van der Waals surface area (Å²) < 4.78 is 0. The van der Waals surface area contributed by atoms with Crippen molar-refractivity contribution >= 4 is 5.69 Å². The predicted molar refractivity (Wildman–Crippen MR) is 71.3 cm³/mol. The van der Waals surface area contributed by atoms with Gasteiger partial charge in [0.05, 0.1) is 6.10 Å². The molecular formula is C14H22N2O. The van der Waals surface area contributed by atoms with E-state index in [1.165, 1.54) is 11.3 Å². The Labute approximate surface area is 104 Å². The number of hydrogen-bond acceptors (Lipinski definition) is 3. The fraction of sp³-hybridized carbons (Fsp3) is 0.571. The molecule has 2 rings (SSSR count). The Morgan fingerprint density at radius 2 is 2.12 bits per heavy atom. The van der Waals surface area contributed by atoms with Crippen molar-refractivity contribution in [3.05, 3.63) is 29.8 Å². The van der Waals surface area contributed by atoms with Gasteiger partial charge >= 0.3 is 0 Å². The molecule has 1 atom stereocenters. The molecule has 1 aliphatic heterocycles. The zero-order valence-electron chi connectivity index (χ0n) is 10.8. The Kier molecular flexibility index (Phi) is 4.02. The first-order valence-corrected chi connectivity index (χ1v) is 6.32. The highest BCUT2D eigenvalue weighted by molar-refractivity contribution is 5.52. The van der Waals surface area contributed by atoms with Crippen LogP contribution in [0.25, 0.3) is 0 Å². The van der Waals surface area contributed by atoms with Gasteiger partial charge in [-0.05, 0) is 31.0 Å². The second-order valence-electron chi connectivity index (χ2n) is 5.05. The summed E-state index contributed by atoms with van der Waals surface area (Å²) in [6.07, 6.45) is 1.91. The number of para-hydroxylation sites is 1. The van der Waals surface area contributed by atoms with E-state index in [0.29, 0.717) is 0 Å². The van der Waals surface area contributed by atoms with Gasteiger partial charge in [-0.25, -0.2) is 0 Å². The molecule has 0 amide bonds. The van der Waals surface area contributed by atoms with Gasteiger partial charge in [0.25, 0.3) is 0 Å². The van der Waals surface area contributed by atoms with E-state index in [9.17, 15) is 5.11 Å². The first-order valence-electron chi connectivity index (χ1n) is 6.32. The molecule has 1 aromatic carbocycles. The Balaban J connectivity index is 2.07. The number of β-amino-alcohol motifs (C(OH)–C–C–N with tert-alkyl or cyclic N) is 1. The van der Waals surface area contributed by atoms with E-state index in [1.807, 2.05) is 0 Å². The van der Waals surface area contributed by atoms with Crippen LogP contribution in [-0.4, -0.2) is 43.3 Å². The van der Waals surface area contributed by atoms with Gasteiger partial charge in [-0.15, -0.1) is 0 Å². The summed E-state index contributed by atoms with van der Waals surface area (Å²) >= 11 is 0. The van der Waals surface area contributed by atoms with Crippen molar-refractivity contribution in [3.63, 3.8) is 0 Å². The molecule has 1 aliphatic rings. The lowest BCUT2D eigenvalue weighted by molar-refractivity contribution is 0.0669. The molecule has 1 heterocycles. The van der Waals surface area contributed by atoms with Crippen LogP contribution in [0, 0.1) is 0 Å². The summed E-state index contributed by atoms with van der Waals surface area (Å²) in [5, 5.41) is 9.68. The zero-order chi connectivity index (χ0) is 12.3. The molecule has 3 nitrogen and oxygen atoms in total. The van der Waals surface area contributed by atoms with E-state index in [0.717, 1.165) is 32.5 Å². The second-order valence-corrected chi connectivity index (χ2v) is 5.05. The average Bonchev–Trinajstić information content (AvgIpc) is 2.29. The predicted octanol–water partition coefficient (Wildman–Crippen LogP) is 1.71. The van der Waals surface area contributed by atoms with E-state index >= 15 is 0 Å². The van der Waals surface area contributed by atoms with Gasteiger partial charge in [-0.1, -0.05) is 18.2 Å². The van der Waals surface area contributed by atoms with Crippen LogP contribution in [0.1, 0.15) is 18.4 Å². The first-order chi connectivity index (χ1) is 8.16. The Hall–Kier alpha value is -1.06. The molecular weight excluding hydrogens is 212 g/mol. The summed E-state index contributed by atoms with van der Waals surface area (Å²) in [4.78, 5) is 4.49. The van der Waals surface area contributed by atoms with Gasteiger partial charge in [0.1, 0.15) is 0 Å². The lowest BCUT2D eigenvalue weighted by Crippen LogP contribution is -2.37. The fourth-order valence-corrected chi connectivity index (χ4v) is 2.50. The second kappa shape index (κ2) is 5.52. The largest absolute Gasteiger partial charge is 0.392 e. The van der Waals surface area contributed by atoms with Crippen LogP contribution in [0.5, 0.6) is 0 Å². The number of benzene rings is 1. The maximum Gasteiger partial charge on any atom is 0.0667 e. The number of likely N-dealkylation sites (tertiary alicyclic amines) is 1. The molecule has 0 aliphatic carbocycles. The smallest absolute Gasteiger partial charge is 0.0667 e. The Morgan fingerprint density at radius 3 is 2.82 bits per heavy atom. The van der Waals surface area contributed by atoms with Crippen molar-refractivity contribution in [2.75, 3.05) is 32.1 Å². The molecule has 0 aromatic heterocycles. The molecule has 1 aromatic rings. The van der Waals surface area contributed by atoms with E-state index in [-0.39, 0.29) is 6.10 Å². The standard InChI is InChI=1S/C14H22N2O/c1-15(2)14-8-4-3-6-12(14)10-16-9-5-7-13(17)11-16/h3-4,6,8,13,17H,5,7,9-11H2,1-2H3. The van der Waals surface area contributed by atoms with Crippen molar-refractivity contribution in [1.29, 1.82) is 0 Å². The third kappa shape index (κ3) is 3.20. The van der Waals surface area contributed by atoms with Crippen LogP contribution < -0.4 is 4.90 Å². The Bertz CT molecular complexity index is 365. The fourth-order valence-electron chi connectivity index (χ4n) is 2.50. The van der Waals surface area contributed by atoms with Crippen molar-refractivity contribution < 1.29 is 5.11 Å². The van der Waals surface area contributed by atoms with Gasteiger partial charge in [-0.3, -0.25) is 4.90 Å². The molecule has 94 valence electrons. The summed E-state index contributed by atoms with van der Waals surface area (Å²) in [5.74, 6) is 0. The van der Waals surface area contributed by atoms with E-state index in [4.69, 9.17) is 0 Å². The molecule has 1 unspecified atom stereocenters. The highest BCUT2D eigenvalue weighted by Gasteiger charge is 2.18.